The molecule has 0 aliphatic rings. The van der Waals surface area contributed by atoms with Crippen LogP contribution in [0.2, 0.25) is 0 Å². The van der Waals surface area contributed by atoms with Crippen molar-refractivity contribution < 1.29 is 14.7 Å². The standard InChI is InChI=1S/C8H16N2O3/c1-2-5-10-6(8(12)13)3-4-7(9)11/h6,10H,2-5H2,1H3,(H2,9,11)(H,12,13)/t6-/m0/s1. The first-order valence-electron chi connectivity index (χ1n) is 4.32. The summed E-state index contributed by atoms with van der Waals surface area (Å²) in [4.78, 5) is 21.0. The minimum absolute atomic E-state index is 0.105. The summed E-state index contributed by atoms with van der Waals surface area (Å²) in [5.74, 6) is -1.40. The summed E-state index contributed by atoms with van der Waals surface area (Å²) in [5, 5.41) is 11.5. The molecule has 13 heavy (non-hydrogen) atoms. The highest BCUT2D eigenvalue weighted by Gasteiger charge is 2.16. The van der Waals surface area contributed by atoms with Crippen LogP contribution in [0.5, 0.6) is 0 Å². The van der Waals surface area contributed by atoms with E-state index in [0.717, 1.165) is 6.42 Å². The summed E-state index contributed by atoms with van der Waals surface area (Å²) >= 11 is 0. The van der Waals surface area contributed by atoms with Gasteiger partial charge in [-0.05, 0) is 19.4 Å². The Morgan fingerprint density at radius 3 is 2.54 bits per heavy atom. The van der Waals surface area contributed by atoms with E-state index in [-0.39, 0.29) is 12.8 Å². The van der Waals surface area contributed by atoms with Gasteiger partial charge in [0.1, 0.15) is 6.04 Å². The zero-order chi connectivity index (χ0) is 10.3. The van der Waals surface area contributed by atoms with E-state index in [9.17, 15) is 9.59 Å². The van der Waals surface area contributed by atoms with E-state index in [1.165, 1.54) is 0 Å². The molecule has 0 spiro atoms. The Balaban J connectivity index is 3.80. The molecule has 0 saturated heterocycles. The Morgan fingerprint density at radius 2 is 2.15 bits per heavy atom. The van der Waals surface area contributed by atoms with Crippen molar-refractivity contribution in [3.63, 3.8) is 0 Å². The number of carbonyl (C=O) groups is 2. The average molecular weight is 188 g/mol. The molecule has 76 valence electrons. The summed E-state index contributed by atoms with van der Waals surface area (Å²) in [7, 11) is 0. The summed E-state index contributed by atoms with van der Waals surface area (Å²) in [5.41, 5.74) is 4.91. The van der Waals surface area contributed by atoms with E-state index in [0.29, 0.717) is 6.54 Å². The molecule has 5 nitrogen and oxygen atoms in total. The molecule has 4 N–H and O–H groups in total. The van der Waals surface area contributed by atoms with E-state index < -0.39 is 17.9 Å². The average Bonchev–Trinajstić information content (AvgIpc) is 2.03. The number of rotatable bonds is 7. The van der Waals surface area contributed by atoms with Gasteiger partial charge in [0.15, 0.2) is 0 Å². The van der Waals surface area contributed by atoms with Gasteiger partial charge in [-0.1, -0.05) is 6.92 Å². The number of nitrogens with two attached hydrogens (primary N) is 1. The van der Waals surface area contributed by atoms with E-state index in [4.69, 9.17) is 10.8 Å². The quantitative estimate of drug-likeness (QED) is 0.511. The van der Waals surface area contributed by atoms with E-state index in [2.05, 4.69) is 5.32 Å². The third kappa shape index (κ3) is 6.10. The van der Waals surface area contributed by atoms with Crippen LogP contribution in [0.4, 0.5) is 0 Å². The van der Waals surface area contributed by atoms with Crippen molar-refractivity contribution in [1.82, 2.24) is 5.32 Å². The number of carbonyl (C=O) groups excluding carboxylic acids is 1. The molecule has 0 aliphatic carbocycles. The van der Waals surface area contributed by atoms with Gasteiger partial charge in [-0.2, -0.15) is 0 Å². The molecule has 0 aromatic heterocycles. The zero-order valence-corrected chi connectivity index (χ0v) is 7.75. The molecule has 0 radical (unpaired) electrons. The topological polar surface area (TPSA) is 92.4 Å². The second-order valence-corrected chi connectivity index (χ2v) is 2.85. The van der Waals surface area contributed by atoms with Gasteiger partial charge < -0.3 is 16.2 Å². The molecule has 1 atom stereocenters. The molecule has 5 heteroatoms. The molecule has 0 fully saturated rings. The van der Waals surface area contributed by atoms with Gasteiger partial charge in [0.2, 0.25) is 5.91 Å². The fraction of sp³-hybridized carbons (Fsp3) is 0.750. The fourth-order valence-electron chi connectivity index (χ4n) is 0.918. The lowest BCUT2D eigenvalue weighted by Gasteiger charge is -2.12. The predicted molar refractivity (Wildman–Crippen MR) is 48.1 cm³/mol. The molecule has 0 rings (SSSR count). The van der Waals surface area contributed by atoms with Crippen molar-refractivity contribution in [2.45, 2.75) is 32.2 Å². The third-order valence-corrected chi connectivity index (χ3v) is 1.62. The Kier molecular flexibility index (Phi) is 5.88. The van der Waals surface area contributed by atoms with Crippen LogP contribution in [0.3, 0.4) is 0 Å². The summed E-state index contributed by atoms with van der Waals surface area (Å²) < 4.78 is 0. The van der Waals surface area contributed by atoms with Crippen LogP contribution in [0.25, 0.3) is 0 Å². The predicted octanol–water partition coefficient (Wildman–Crippen LogP) is -0.295. The van der Waals surface area contributed by atoms with Gasteiger partial charge in [0, 0.05) is 6.42 Å². The van der Waals surface area contributed by atoms with Gasteiger partial charge in [-0.15, -0.1) is 0 Å². The first-order valence-corrected chi connectivity index (χ1v) is 4.32. The molecule has 0 aromatic rings. The number of nitrogens with one attached hydrogen (secondary N) is 1. The van der Waals surface area contributed by atoms with Crippen LogP contribution < -0.4 is 11.1 Å². The molecule has 0 bridgehead atoms. The molecule has 1 amide bonds. The maximum atomic E-state index is 10.6. The van der Waals surface area contributed by atoms with Crippen molar-refractivity contribution >= 4 is 11.9 Å². The number of amides is 1. The van der Waals surface area contributed by atoms with Crippen LogP contribution in [0, 0.1) is 0 Å². The maximum absolute atomic E-state index is 10.6. The SMILES string of the molecule is CCCN[C@@H](CCC(N)=O)C(=O)O. The van der Waals surface area contributed by atoms with Crippen LogP contribution in [-0.4, -0.2) is 29.6 Å². The van der Waals surface area contributed by atoms with Gasteiger partial charge in [0.25, 0.3) is 0 Å². The number of hydrogen-bond acceptors (Lipinski definition) is 3. The van der Waals surface area contributed by atoms with Crippen molar-refractivity contribution in [1.29, 1.82) is 0 Å². The number of carboxylic acid groups (broad SMARTS) is 1. The van der Waals surface area contributed by atoms with E-state index in [1.807, 2.05) is 6.92 Å². The molecule has 0 unspecified atom stereocenters. The zero-order valence-electron chi connectivity index (χ0n) is 7.75. The summed E-state index contributed by atoms with van der Waals surface area (Å²) in [6, 6.07) is -0.660. The van der Waals surface area contributed by atoms with Crippen LogP contribution >= 0.6 is 0 Å². The monoisotopic (exact) mass is 188 g/mol. The minimum atomic E-state index is -0.935. The minimum Gasteiger partial charge on any atom is -0.480 e. The lowest BCUT2D eigenvalue weighted by molar-refractivity contribution is -0.139. The van der Waals surface area contributed by atoms with Gasteiger partial charge in [0.05, 0.1) is 0 Å². The molecular formula is C8H16N2O3. The lowest BCUT2D eigenvalue weighted by atomic mass is 10.1. The molecule has 0 saturated carbocycles. The fourth-order valence-corrected chi connectivity index (χ4v) is 0.918. The van der Waals surface area contributed by atoms with Crippen LogP contribution in [0.1, 0.15) is 26.2 Å². The third-order valence-electron chi connectivity index (χ3n) is 1.62. The van der Waals surface area contributed by atoms with Crippen molar-refractivity contribution in [3.05, 3.63) is 0 Å². The summed E-state index contributed by atoms with van der Waals surface area (Å²) in [6.07, 6.45) is 1.22. The first-order chi connectivity index (χ1) is 6.07. The molecule has 0 heterocycles. The van der Waals surface area contributed by atoms with Gasteiger partial charge in [-0.3, -0.25) is 9.59 Å². The van der Waals surface area contributed by atoms with Crippen LogP contribution in [0.15, 0.2) is 0 Å². The second-order valence-electron chi connectivity index (χ2n) is 2.85. The Morgan fingerprint density at radius 1 is 1.54 bits per heavy atom. The molecular weight excluding hydrogens is 172 g/mol. The van der Waals surface area contributed by atoms with Crippen molar-refractivity contribution in [2.24, 2.45) is 5.73 Å². The normalized spacial score (nSPS) is 12.4. The lowest BCUT2D eigenvalue weighted by Crippen LogP contribution is -2.37. The Hall–Kier alpha value is -1.10. The second kappa shape index (κ2) is 6.42. The smallest absolute Gasteiger partial charge is 0.320 e. The highest BCUT2D eigenvalue weighted by Crippen LogP contribution is 1.97. The number of carboxylic acids is 1. The van der Waals surface area contributed by atoms with Gasteiger partial charge in [-0.25, -0.2) is 0 Å². The summed E-state index contributed by atoms with van der Waals surface area (Å²) in [6.45, 7) is 2.58. The molecule has 0 aromatic carbocycles. The Bertz CT molecular complexity index is 182. The van der Waals surface area contributed by atoms with Gasteiger partial charge >= 0.3 is 5.97 Å². The van der Waals surface area contributed by atoms with Crippen LogP contribution in [-0.2, 0) is 9.59 Å². The highest BCUT2D eigenvalue weighted by atomic mass is 16.4. The number of aliphatic carboxylic acids is 1. The number of primary amides is 1. The van der Waals surface area contributed by atoms with Crippen molar-refractivity contribution in [3.8, 4) is 0 Å². The number of hydrogen-bond donors (Lipinski definition) is 3. The van der Waals surface area contributed by atoms with E-state index >= 15 is 0 Å². The molecule has 0 aliphatic heterocycles. The first kappa shape index (κ1) is 11.9. The van der Waals surface area contributed by atoms with Crippen molar-refractivity contribution in [2.75, 3.05) is 6.54 Å². The largest absolute Gasteiger partial charge is 0.480 e. The van der Waals surface area contributed by atoms with E-state index in [1.54, 1.807) is 0 Å². The maximum Gasteiger partial charge on any atom is 0.320 e. The Labute approximate surface area is 77.3 Å². The highest BCUT2D eigenvalue weighted by molar-refractivity contribution is 5.77.